The summed E-state index contributed by atoms with van der Waals surface area (Å²) < 4.78 is 0. The van der Waals surface area contributed by atoms with Crippen LogP contribution in [-0.2, 0) is 0 Å². The van der Waals surface area contributed by atoms with Crippen LogP contribution in [0.4, 0.5) is 5.82 Å². The molecule has 1 amide bonds. The predicted octanol–water partition coefficient (Wildman–Crippen LogP) is 3.00. The molecule has 0 saturated heterocycles. The molecule has 0 aliphatic carbocycles. The lowest BCUT2D eigenvalue weighted by atomic mass is 10.2. The van der Waals surface area contributed by atoms with Gasteiger partial charge in [0.25, 0.3) is 5.91 Å². The zero-order valence-electron chi connectivity index (χ0n) is 12.1. The Labute approximate surface area is 141 Å². The number of nitrogens with two attached hydrogens (primary N) is 1. The number of nitrogen functional groups attached to an aromatic ring is 1. The maximum Gasteiger partial charge on any atom is 0.281 e. The monoisotopic (exact) mass is 345 g/mol. The van der Waals surface area contributed by atoms with Gasteiger partial charge in [0.2, 0.25) is 0 Å². The maximum absolute atomic E-state index is 12.3. The van der Waals surface area contributed by atoms with Crippen molar-refractivity contribution in [1.29, 1.82) is 0 Å². The highest BCUT2D eigenvalue weighted by molar-refractivity contribution is 7.20. The molecule has 3 aromatic rings. The largest absolute Gasteiger partial charge is 0.383 e. The van der Waals surface area contributed by atoms with Crippen molar-refractivity contribution in [1.82, 2.24) is 15.4 Å². The van der Waals surface area contributed by atoms with Crippen LogP contribution in [0.2, 0.25) is 5.02 Å². The van der Waals surface area contributed by atoms with E-state index in [4.69, 9.17) is 17.3 Å². The molecule has 1 aromatic carbocycles. The van der Waals surface area contributed by atoms with Gasteiger partial charge < -0.3 is 5.73 Å². The number of thiophene rings is 1. The molecule has 0 bridgehead atoms. The van der Waals surface area contributed by atoms with Crippen molar-refractivity contribution in [3.8, 4) is 0 Å². The standard InChI is InChI=1S/C15H12ClN5OS/c1-8-11-13(17)18-7-19-15(11)23-12(8)14(22)21-20-6-9-4-2-3-5-10(9)16/h2-7H,1H3,(H,21,22)(H2,17,18,19)/b20-6-. The van der Waals surface area contributed by atoms with Gasteiger partial charge in [-0.2, -0.15) is 5.10 Å². The molecule has 3 N–H and O–H groups in total. The third kappa shape index (κ3) is 3.01. The summed E-state index contributed by atoms with van der Waals surface area (Å²) in [6, 6.07) is 7.22. The van der Waals surface area contributed by atoms with Crippen LogP contribution >= 0.6 is 22.9 Å². The minimum absolute atomic E-state index is 0.326. The lowest BCUT2D eigenvalue weighted by Crippen LogP contribution is -2.17. The quantitative estimate of drug-likeness (QED) is 0.563. The zero-order valence-corrected chi connectivity index (χ0v) is 13.6. The molecule has 0 fully saturated rings. The number of benzene rings is 1. The first-order chi connectivity index (χ1) is 11.1. The molecule has 6 nitrogen and oxygen atoms in total. The lowest BCUT2D eigenvalue weighted by molar-refractivity contribution is 0.0958. The Morgan fingerprint density at radius 1 is 1.39 bits per heavy atom. The number of hydrazone groups is 1. The van der Waals surface area contributed by atoms with Gasteiger partial charge in [0.1, 0.15) is 17.0 Å². The van der Waals surface area contributed by atoms with Crippen molar-refractivity contribution in [3.05, 3.63) is 51.6 Å². The van der Waals surface area contributed by atoms with Crippen LogP contribution in [0.15, 0.2) is 35.7 Å². The van der Waals surface area contributed by atoms with E-state index in [9.17, 15) is 4.79 Å². The lowest BCUT2D eigenvalue weighted by Gasteiger charge is -1.99. The number of carbonyl (C=O) groups excluding carboxylic acids is 1. The number of carbonyl (C=O) groups is 1. The second-order valence-corrected chi connectivity index (χ2v) is 6.12. The van der Waals surface area contributed by atoms with E-state index in [0.29, 0.717) is 25.9 Å². The Morgan fingerprint density at radius 2 is 2.17 bits per heavy atom. The van der Waals surface area contributed by atoms with Gasteiger partial charge in [-0.3, -0.25) is 4.79 Å². The SMILES string of the molecule is Cc1c(C(=O)N/N=C\c2ccccc2Cl)sc2ncnc(N)c12. The van der Waals surface area contributed by atoms with Crippen molar-refractivity contribution >= 4 is 51.1 Å². The summed E-state index contributed by atoms with van der Waals surface area (Å²) in [6.07, 6.45) is 2.88. The van der Waals surface area contributed by atoms with Gasteiger partial charge in [-0.25, -0.2) is 15.4 Å². The molecule has 116 valence electrons. The third-order valence-corrected chi connectivity index (χ3v) is 4.78. The normalized spacial score (nSPS) is 11.2. The van der Waals surface area contributed by atoms with E-state index in [1.807, 2.05) is 19.1 Å². The number of aromatic nitrogens is 2. The van der Waals surface area contributed by atoms with Crippen LogP contribution in [0.25, 0.3) is 10.2 Å². The van der Waals surface area contributed by atoms with E-state index >= 15 is 0 Å². The number of halogens is 1. The van der Waals surface area contributed by atoms with Crippen molar-refractivity contribution in [2.45, 2.75) is 6.92 Å². The van der Waals surface area contributed by atoms with Gasteiger partial charge in [-0.05, 0) is 18.6 Å². The number of anilines is 1. The fourth-order valence-electron chi connectivity index (χ4n) is 2.11. The number of aryl methyl sites for hydroxylation is 1. The van der Waals surface area contributed by atoms with Crippen LogP contribution in [0.5, 0.6) is 0 Å². The van der Waals surface area contributed by atoms with Gasteiger partial charge in [0.05, 0.1) is 16.5 Å². The van der Waals surface area contributed by atoms with Crippen molar-refractivity contribution < 1.29 is 4.79 Å². The maximum atomic E-state index is 12.3. The van der Waals surface area contributed by atoms with Gasteiger partial charge in [0, 0.05) is 10.6 Å². The Kier molecular flexibility index (Phi) is 4.22. The van der Waals surface area contributed by atoms with Crippen LogP contribution in [0.3, 0.4) is 0 Å². The molecule has 0 radical (unpaired) electrons. The molecule has 8 heteroatoms. The van der Waals surface area contributed by atoms with E-state index in [0.717, 1.165) is 11.1 Å². The first kappa shape index (κ1) is 15.4. The van der Waals surface area contributed by atoms with Gasteiger partial charge in [0.15, 0.2) is 0 Å². The number of hydrogen-bond donors (Lipinski definition) is 2. The molecule has 23 heavy (non-hydrogen) atoms. The Hall–Kier alpha value is -2.51. The van der Waals surface area contributed by atoms with E-state index in [1.165, 1.54) is 23.9 Å². The molecular formula is C15H12ClN5OS. The smallest absolute Gasteiger partial charge is 0.281 e. The van der Waals surface area contributed by atoms with Crippen LogP contribution in [-0.4, -0.2) is 22.1 Å². The summed E-state index contributed by atoms with van der Waals surface area (Å²) >= 11 is 7.27. The summed E-state index contributed by atoms with van der Waals surface area (Å²) in [5, 5.41) is 5.21. The molecule has 2 aromatic heterocycles. The average Bonchev–Trinajstić information content (AvgIpc) is 2.87. The molecule has 0 saturated carbocycles. The fourth-order valence-corrected chi connectivity index (χ4v) is 3.34. The van der Waals surface area contributed by atoms with Crippen molar-refractivity contribution in [2.75, 3.05) is 5.73 Å². The highest BCUT2D eigenvalue weighted by atomic mass is 35.5. The topological polar surface area (TPSA) is 93.3 Å². The van der Waals surface area contributed by atoms with Crippen LogP contribution < -0.4 is 11.2 Å². The molecule has 3 rings (SSSR count). The van der Waals surface area contributed by atoms with Crippen LogP contribution in [0, 0.1) is 6.92 Å². The predicted molar refractivity (Wildman–Crippen MR) is 93.1 cm³/mol. The summed E-state index contributed by atoms with van der Waals surface area (Å²) in [5.41, 5.74) is 9.80. The highest BCUT2D eigenvalue weighted by Gasteiger charge is 2.17. The van der Waals surface area contributed by atoms with Gasteiger partial charge in [-0.1, -0.05) is 29.8 Å². The molecule has 0 atom stereocenters. The van der Waals surface area contributed by atoms with Gasteiger partial charge >= 0.3 is 0 Å². The first-order valence-corrected chi connectivity index (χ1v) is 7.85. The summed E-state index contributed by atoms with van der Waals surface area (Å²) in [4.78, 5) is 21.6. The minimum atomic E-state index is -0.326. The zero-order chi connectivity index (χ0) is 16.4. The molecule has 0 unspecified atom stereocenters. The van der Waals surface area contributed by atoms with Crippen molar-refractivity contribution in [2.24, 2.45) is 5.10 Å². The van der Waals surface area contributed by atoms with E-state index < -0.39 is 0 Å². The first-order valence-electron chi connectivity index (χ1n) is 6.65. The van der Waals surface area contributed by atoms with E-state index in [-0.39, 0.29) is 5.91 Å². The number of rotatable bonds is 3. The number of fused-ring (bicyclic) bond motifs is 1. The van der Waals surface area contributed by atoms with Gasteiger partial charge in [-0.15, -0.1) is 11.3 Å². The highest BCUT2D eigenvalue weighted by Crippen LogP contribution is 2.31. The number of hydrogen-bond acceptors (Lipinski definition) is 6. The average molecular weight is 346 g/mol. The van der Waals surface area contributed by atoms with E-state index in [2.05, 4.69) is 20.5 Å². The molecule has 0 aliphatic heterocycles. The second-order valence-electron chi connectivity index (χ2n) is 4.72. The molecular weight excluding hydrogens is 334 g/mol. The van der Waals surface area contributed by atoms with Crippen LogP contribution in [0.1, 0.15) is 20.8 Å². The minimum Gasteiger partial charge on any atom is -0.383 e. The number of amides is 1. The fraction of sp³-hybridized carbons (Fsp3) is 0.0667. The molecule has 0 spiro atoms. The summed E-state index contributed by atoms with van der Waals surface area (Å²) in [7, 11) is 0. The van der Waals surface area contributed by atoms with Crippen molar-refractivity contribution in [3.63, 3.8) is 0 Å². The third-order valence-electron chi connectivity index (χ3n) is 3.24. The summed E-state index contributed by atoms with van der Waals surface area (Å²) in [6.45, 7) is 1.81. The molecule has 2 heterocycles. The second kappa shape index (κ2) is 6.31. The Balaban J connectivity index is 1.83. The molecule has 0 aliphatic rings. The summed E-state index contributed by atoms with van der Waals surface area (Å²) in [5.74, 6) is 0.0376. The number of nitrogens with one attached hydrogen (secondary N) is 1. The number of nitrogens with zero attached hydrogens (tertiary/aromatic N) is 3. The Morgan fingerprint density at radius 3 is 2.91 bits per heavy atom. The Bertz CT molecular complexity index is 921. The van der Waals surface area contributed by atoms with E-state index in [1.54, 1.807) is 12.1 Å².